The Morgan fingerprint density at radius 3 is 2.33 bits per heavy atom. The van der Waals surface area contributed by atoms with Gasteiger partial charge in [0.15, 0.2) is 11.6 Å². The highest BCUT2D eigenvalue weighted by Crippen LogP contribution is 2.30. The quantitative estimate of drug-likeness (QED) is 0.339. The van der Waals surface area contributed by atoms with E-state index in [1.165, 1.54) is 30.0 Å². The number of para-hydroxylation sites is 1. The lowest BCUT2D eigenvalue weighted by atomic mass is 9.98. The molecule has 3 N–H and O–H groups in total. The minimum absolute atomic E-state index is 0.0552. The predicted molar refractivity (Wildman–Crippen MR) is 127 cm³/mol. The van der Waals surface area contributed by atoms with Gasteiger partial charge in [-0.1, -0.05) is 54.6 Å². The van der Waals surface area contributed by atoms with Crippen molar-refractivity contribution in [2.45, 2.75) is 18.9 Å². The molecule has 0 aliphatic heterocycles. The third kappa shape index (κ3) is 5.95. The Bertz CT molecular complexity index is 1200. The van der Waals surface area contributed by atoms with Crippen molar-refractivity contribution in [1.82, 2.24) is 4.98 Å². The molecule has 1 atom stereocenters. The van der Waals surface area contributed by atoms with Crippen LogP contribution in [-0.4, -0.2) is 10.9 Å². The highest BCUT2D eigenvalue weighted by Gasteiger charge is 2.16. The van der Waals surface area contributed by atoms with Crippen LogP contribution in [0.1, 0.15) is 33.9 Å². The van der Waals surface area contributed by atoms with Crippen LogP contribution in [0.25, 0.3) is 0 Å². The molecule has 166 valence electrons. The predicted octanol–water partition coefficient (Wildman–Crippen LogP) is 5.90. The first kappa shape index (κ1) is 22.0. The van der Waals surface area contributed by atoms with E-state index in [4.69, 9.17) is 10.5 Å². The maximum atomic E-state index is 15.0. The van der Waals surface area contributed by atoms with E-state index in [1.807, 2.05) is 54.6 Å². The van der Waals surface area contributed by atoms with Gasteiger partial charge in [-0.15, -0.1) is 0 Å². The van der Waals surface area contributed by atoms with Gasteiger partial charge in [0, 0.05) is 18.0 Å². The number of aromatic nitrogens is 1. The standard InChI is InChI=1S/C27H24FN3O2/c28-23-17-20(12-15-25(23)33-26-16-13-21(18-30-26)27(29)32)24(31-22-9-5-2-6-10-22)14-11-19-7-3-1-4-8-19/h1-10,12-13,15-18,24,31H,11,14H2,(H2,29,32). The molecule has 0 radical (unpaired) electrons. The van der Waals surface area contributed by atoms with Gasteiger partial charge in [0.05, 0.1) is 11.6 Å². The van der Waals surface area contributed by atoms with Gasteiger partial charge in [0.1, 0.15) is 0 Å². The molecule has 0 fully saturated rings. The Hall–Kier alpha value is -4.19. The van der Waals surface area contributed by atoms with Gasteiger partial charge in [-0.25, -0.2) is 9.37 Å². The molecule has 33 heavy (non-hydrogen) atoms. The second-order valence-electron chi connectivity index (χ2n) is 7.63. The number of aryl methyl sites for hydroxylation is 1. The monoisotopic (exact) mass is 441 g/mol. The van der Waals surface area contributed by atoms with E-state index < -0.39 is 11.7 Å². The highest BCUT2D eigenvalue weighted by molar-refractivity contribution is 5.92. The van der Waals surface area contributed by atoms with Gasteiger partial charge in [0.25, 0.3) is 0 Å². The molecule has 0 aliphatic rings. The smallest absolute Gasteiger partial charge is 0.250 e. The second-order valence-corrected chi connectivity index (χ2v) is 7.63. The zero-order chi connectivity index (χ0) is 23.0. The fourth-order valence-corrected chi connectivity index (χ4v) is 3.53. The normalized spacial score (nSPS) is 11.5. The first-order chi connectivity index (χ1) is 16.1. The molecular formula is C27H24FN3O2. The SMILES string of the molecule is NC(=O)c1ccc(Oc2ccc(C(CCc3ccccc3)Nc3ccccc3)cc2F)nc1. The minimum atomic E-state index is -0.586. The van der Waals surface area contributed by atoms with E-state index in [-0.39, 0.29) is 23.2 Å². The number of carbonyl (C=O) groups is 1. The van der Waals surface area contributed by atoms with Gasteiger partial charge < -0.3 is 15.8 Å². The average molecular weight is 442 g/mol. The third-order valence-electron chi connectivity index (χ3n) is 5.27. The summed E-state index contributed by atoms with van der Waals surface area (Å²) in [5, 5.41) is 3.52. The van der Waals surface area contributed by atoms with Crippen molar-refractivity contribution in [2.75, 3.05) is 5.32 Å². The number of benzene rings is 3. The van der Waals surface area contributed by atoms with E-state index in [0.717, 1.165) is 24.1 Å². The topological polar surface area (TPSA) is 77.2 Å². The molecular weight excluding hydrogens is 417 g/mol. The number of hydrogen-bond donors (Lipinski definition) is 2. The van der Waals surface area contributed by atoms with Crippen molar-refractivity contribution in [2.24, 2.45) is 5.73 Å². The maximum Gasteiger partial charge on any atom is 0.250 e. The van der Waals surface area contributed by atoms with Crippen LogP contribution in [0, 0.1) is 5.82 Å². The molecule has 1 amide bonds. The number of carbonyl (C=O) groups excluding carboxylic acids is 1. The number of anilines is 1. The molecule has 0 aliphatic carbocycles. The number of halogens is 1. The molecule has 3 aromatic carbocycles. The van der Waals surface area contributed by atoms with E-state index in [2.05, 4.69) is 22.4 Å². The van der Waals surface area contributed by atoms with Crippen LogP contribution in [-0.2, 0) is 6.42 Å². The Morgan fingerprint density at radius 1 is 0.970 bits per heavy atom. The molecule has 6 heteroatoms. The number of nitrogens with one attached hydrogen (secondary N) is 1. The fourth-order valence-electron chi connectivity index (χ4n) is 3.53. The molecule has 0 spiro atoms. The molecule has 5 nitrogen and oxygen atoms in total. The van der Waals surface area contributed by atoms with Crippen LogP contribution in [0.15, 0.2) is 97.2 Å². The largest absolute Gasteiger partial charge is 0.436 e. The molecule has 1 aromatic heterocycles. The fraction of sp³-hybridized carbons (Fsp3) is 0.111. The number of hydrogen-bond acceptors (Lipinski definition) is 4. The van der Waals surface area contributed by atoms with Crippen LogP contribution in [0.4, 0.5) is 10.1 Å². The Balaban J connectivity index is 1.53. The Kier molecular flexibility index (Phi) is 6.95. The van der Waals surface area contributed by atoms with Gasteiger partial charge in [0.2, 0.25) is 11.8 Å². The average Bonchev–Trinajstić information content (AvgIpc) is 2.84. The maximum absolute atomic E-state index is 15.0. The summed E-state index contributed by atoms with van der Waals surface area (Å²) in [4.78, 5) is 15.2. The number of nitrogens with two attached hydrogens (primary N) is 1. The lowest BCUT2D eigenvalue weighted by Gasteiger charge is -2.21. The Labute approximate surface area is 192 Å². The summed E-state index contributed by atoms with van der Waals surface area (Å²) in [6.07, 6.45) is 2.93. The molecule has 4 aromatic rings. The van der Waals surface area contributed by atoms with Gasteiger partial charge in [-0.3, -0.25) is 4.79 Å². The zero-order valence-electron chi connectivity index (χ0n) is 17.9. The summed E-state index contributed by atoms with van der Waals surface area (Å²) in [6, 6.07) is 27.9. The summed E-state index contributed by atoms with van der Waals surface area (Å²) in [5.41, 5.74) is 8.48. The van der Waals surface area contributed by atoms with Gasteiger partial charge in [-0.05, 0) is 54.3 Å². The van der Waals surface area contributed by atoms with Crippen molar-refractivity contribution >= 4 is 11.6 Å². The third-order valence-corrected chi connectivity index (χ3v) is 5.27. The van der Waals surface area contributed by atoms with E-state index in [1.54, 1.807) is 6.07 Å². The number of ether oxygens (including phenoxy) is 1. The minimum Gasteiger partial charge on any atom is -0.436 e. The number of amides is 1. The van der Waals surface area contributed by atoms with Gasteiger partial charge in [-0.2, -0.15) is 0 Å². The second kappa shape index (κ2) is 10.4. The highest BCUT2D eigenvalue weighted by atomic mass is 19.1. The van der Waals surface area contributed by atoms with Crippen molar-refractivity contribution in [3.63, 3.8) is 0 Å². The summed E-state index contributed by atoms with van der Waals surface area (Å²) >= 11 is 0. The van der Waals surface area contributed by atoms with E-state index in [0.29, 0.717) is 0 Å². The zero-order valence-corrected chi connectivity index (χ0v) is 17.9. The number of primary amides is 1. The molecule has 1 unspecified atom stereocenters. The summed E-state index contributed by atoms with van der Waals surface area (Å²) in [6.45, 7) is 0. The first-order valence-electron chi connectivity index (χ1n) is 10.7. The summed E-state index contributed by atoms with van der Waals surface area (Å²) in [7, 11) is 0. The Morgan fingerprint density at radius 2 is 1.70 bits per heavy atom. The lowest BCUT2D eigenvalue weighted by Crippen LogP contribution is -2.12. The van der Waals surface area contributed by atoms with Crippen LogP contribution in [0.3, 0.4) is 0 Å². The molecule has 0 bridgehead atoms. The molecule has 0 saturated heterocycles. The summed E-state index contributed by atoms with van der Waals surface area (Å²) in [5.74, 6) is -0.848. The number of nitrogens with zero attached hydrogens (tertiary/aromatic N) is 1. The van der Waals surface area contributed by atoms with Crippen molar-refractivity contribution in [3.8, 4) is 11.6 Å². The van der Waals surface area contributed by atoms with Crippen LogP contribution >= 0.6 is 0 Å². The van der Waals surface area contributed by atoms with E-state index in [9.17, 15) is 9.18 Å². The van der Waals surface area contributed by atoms with Crippen molar-refractivity contribution in [1.29, 1.82) is 0 Å². The number of pyridine rings is 1. The molecule has 4 rings (SSSR count). The van der Waals surface area contributed by atoms with Crippen LogP contribution in [0.2, 0.25) is 0 Å². The van der Waals surface area contributed by atoms with Crippen LogP contribution in [0.5, 0.6) is 11.6 Å². The first-order valence-corrected chi connectivity index (χ1v) is 10.7. The number of rotatable bonds is 9. The van der Waals surface area contributed by atoms with Crippen LogP contribution < -0.4 is 15.8 Å². The molecule has 0 saturated carbocycles. The van der Waals surface area contributed by atoms with Crippen molar-refractivity contribution < 1.29 is 13.9 Å². The van der Waals surface area contributed by atoms with E-state index >= 15 is 0 Å². The van der Waals surface area contributed by atoms with Gasteiger partial charge >= 0.3 is 0 Å². The molecule has 1 heterocycles. The van der Waals surface area contributed by atoms with Crippen molar-refractivity contribution in [3.05, 3.63) is 120 Å². The summed E-state index contributed by atoms with van der Waals surface area (Å²) < 4.78 is 20.5. The lowest BCUT2D eigenvalue weighted by molar-refractivity contribution is 0.1000.